The van der Waals surface area contributed by atoms with Crippen molar-refractivity contribution in [1.82, 2.24) is 14.9 Å². The topological polar surface area (TPSA) is 46.9 Å². The first-order valence-electron chi connectivity index (χ1n) is 6.63. The smallest absolute Gasteiger partial charge is 0.240 e. The molecule has 1 amide bonds. The third kappa shape index (κ3) is 3.52. The number of aromatic nitrogens is 2. The van der Waals surface area contributed by atoms with Gasteiger partial charge in [0.2, 0.25) is 5.91 Å². The van der Waals surface area contributed by atoms with Crippen LogP contribution < -0.4 is 5.32 Å². The summed E-state index contributed by atoms with van der Waals surface area (Å²) < 4.78 is 2.91. The van der Waals surface area contributed by atoms with Crippen LogP contribution in [0.4, 0.5) is 0 Å². The molecule has 4 nitrogen and oxygen atoms in total. The normalized spacial score (nSPS) is 10.9. The van der Waals surface area contributed by atoms with Gasteiger partial charge in [0.1, 0.15) is 12.4 Å². The summed E-state index contributed by atoms with van der Waals surface area (Å²) >= 11 is 9.28. The second kappa shape index (κ2) is 7.09. The highest BCUT2D eigenvalue weighted by atomic mass is 79.9. The van der Waals surface area contributed by atoms with Gasteiger partial charge in [0.05, 0.1) is 11.0 Å². The zero-order valence-electron chi connectivity index (χ0n) is 11.3. The molecule has 0 aliphatic rings. The molecular weight excluding hydrogens is 342 g/mol. The maximum Gasteiger partial charge on any atom is 0.240 e. The largest absolute Gasteiger partial charge is 0.355 e. The van der Waals surface area contributed by atoms with Gasteiger partial charge in [0.25, 0.3) is 0 Å². The number of carbonyl (C=O) groups is 1. The van der Waals surface area contributed by atoms with Gasteiger partial charge in [0.15, 0.2) is 0 Å². The van der Waals surface area contributed by atoms with E-state index >= 15 is 0 Å². The van der Waals surface area contributed by atoms with Crippen LogP contribution in [0.25, 0.3) is 11.0 Å². The molecular formula is C14H17BrClN3O. The number of alkyl halides is 1. The van der Waals surface area contributed by atoms with Crippen molar-refractivity contribution in [3.63, 3.8) is 0 Å². The van der Waals surface area contributed by atoms with E-state index in [1.165, 1.54) is 0 Å². The van der Waals surface area contributed by atoms with Gasteiger partial charge in [-0.1, -0.05) is 22.9 Å². The zero-order valence-corrected chi connectivity index (χ0v) is 13.7. The minimum Gasteiger partial charge on any atom is -0.355 e. The van der Waals surface area contributed by atoms with Crippen molar-refractivity contribution in [2.45, 2.75) is 26.3 Å². The van der Waals surface area contributed by atoms with E-state index in [2.05, 4.69) is 26.2 Å². The van der Waals surface area contributed by atoms with E-state index in [0.29, 0.717) is 18.8 Å². The standard InChI is InChI=1S/C14H17BrClN3O/c1-2-7-17-14(20)9-19-12-8-10(15)3-4-11(12)18-13(19)5-6-16/h3-4,8H,2,5-7,9H2,1H3,(H,17,20). The van der Waals surface area contributed by atoms with Crippen LogP contribution in [-0.2, 0) is 17.8 Å². The average molecular weight is 359 g/mol. The Labute approximate surface area is 131 Å². The highest BCUT2D eigenvalue weighted by Gasteiger charge is 2.13. The number of rotatable bonds is 6. The maximum atomic E-state index is 11.9. The Morgan fingerprint density at radius 3 is 3.00 bits per heavy atom. The van der Waals surface area contributed by atoms with Crippen LogP contribution in [0.1, 0.15) is 19.2 Å². The Kier molecular flexibility index (Phi) is 5.43. The summed E-state index contributed by atoms with van der Waals surface area (Å²) in [4.78, 5) is 16.5. The monoisotopic (exact) mass is 357 g/mol. The molecule has 20 heavy (non-hydrogen) atoms. The summed E-state index contributed by atoms with van der Waals surface area (Å²) in [5, 5.41) is 2.89. The van der Waals surface area contributed by atoms with Crippen molar-refractivity contribution < 1.29 is 4.79 Å². The number of carbonyl (C=O) groups excluding carboxylic acids is 1. The molecule has 0 saturated carbocycles. The van der Waals surface area contributed by atoms with Crippen molar-refractivity contribution in [2.24, 2.45) is 0 Å². The summed E-state index contributed by atoms with van der Waals surface area (Å²) in [6.45, 7) is 3.00. The van der Waals surface area contributed by atoms with Crippen LogP contribution in [0.2, 0.25) is 0 Å². The van der Waals surface area contributed by atoms with Crippen LogP contribution >= 0.6 is 27.5 Å². The summed E-state index contributed by atoms with van der Waals surface area (Å²) in [5.74, 6) is 1.34. The van der Waals surface area contributed by atoms with Gasteiger partial charge in [-0.25, -0.2) is 4.98 Å². The van der Waals surface area contributed by atoms with Crippen LogP contribution in [-0.4, -0.2) is 27.9 Å². The molecule has 1 aromatic heterocycles. The fourth-order valence-electron chi connectivity index (χ4n) is 2.06. The molecule has 6 heteroatoms. The quantitative estimate of drug-likeness (QED) is 0.807. The predicted molar refractivity (Wildman–Crippen MR) is 85.2 cm³/mol. The Morgan fingerprint density at radius 2 is 2.30 bits per heavy atom. The Bertz CT molecular complexity index is 612. The fraction of sp³-hybridized carbons (Fsp3) is 0.429. The lowest BCUT2D eigenvalue weighted by Gasteiger charge is -2.09. The van der Waals surface area contributed by atoms with E-state index in [1.807, 2.05) is 29.7 Å². The van der Waals surface area contributed by atoms with Crippen molar-refractivity contribution in [3.8, 4) is 0 Å². The molecule has 2 aromatic rings. The van der Waals surface area contributed by atoms with Gasteiger partial charge in [-0.3, -0.25) is 4.79 Å². The van der Waals surface area contributed by atoms with Gasteiger partial charge in [-0.15, -0.1) is 11.6 Å². The Balaban J connectivity index is 2.34. The molecule has 0 aliphatic heterocycles. The van der Waals surface area contributed by atoms with Crippen LogP contribution in [0.5, 0.6) is 0 Å². The Morgan fingerprint density at radius 1 is 1.50 bits per heavy atom. The molecule has 0 atom stereocenters. The summed E-state index contributed by atoms with van der Waals surface area (Å²) in [6.07, 6.45) is 1.57. The first-order chi connectivity index (χ1) is 9.65. The average Bonchev–Trinajstić information content (AvgIpc) is 2.75. The van der Waals surface area contributed by atoms with Crippen LogP contribution in [0.15, 0.2) is 22.7 Å². The number of hydrogen-bond acceptors (Lipinski definition) is 2. The number of benzene rings is 1. The lowest BCUT2D eigenvalue weighted by atomic mass is 10.3. The lowest BCUT2D eigenvalue weighted by Crippen LogP contribution is -2.28. The third-order valence-corrected chi connectivity index (χ3v) is 3.66. The highest BCUT2D eigenvalue weighted by Crippen LogP contribution is 2.21. The first kappa shape index (κ1) is 15.3. The van der Waals surface area contributed by atoms with E-state index in [1.54, 1.807) is 0 Å². The minimum atomic E-state index is 0.00180. The predicted octanol–water partition coefficient (Wildman–Crippen LogP) is 3.11. The maximum absolute atomic E-state index is 11.9. The molecule has 1 N–H and O–H groups in total. The number of imidazole rings is 1. The second-order valence-corrected chi connectivity index (χ2v) is 5.83. The number of aryl methyl sites for hydroxylation is 1. The van der Waals surface area contributed by atoms with Gasteiger partial charge in [-0.05, 0) is 24.6 Å². The van der Waals surface area contributed by atoms with Gasteiger partial charge in [0, 0.05) is 23.3 Å². The van der Waals surface area contributed by atoms with Crippen molar-refractivity contribution in [2.75, 3.05) is 12.4 Å². The molecule has 0 bridgehead atoms. The molecule has 0 radical (unpaired) electrons. The van der Waals surface area contributed by atoms with E-state index in [-0.39, 0.29) is 12.5 Å². The first-order valence-corrected chi connectivity index (χ1v) is 7.95. The highest BCUT2D eigenvalue weighted by molar-refractivity contribution is 9.10. The molecule has 2 rings (SSSR count). The number of nitrogens with one attached hydrogen (secondary N) is 1. The zero-order chi connectivity index (χ0) is 14.5. The molecule has 0 spiro atoms. The molecule has 1 aromatic carbocycles. The van der Waals surface area contributed by atoms with Gasteiger partial charge >= 0.3 is 0 Å². The van der Waals surface area contributed by atoms with Crippen molar-refractivity contribution >= 4 is 44.5 Å². The second-order valence-electron chi connectivity index (χ2n) is 4.54. The number of fused-ring (bicyclic) bond motifs is 1. The van der Waals surface area contributed by atoms with E-state index in [4.69, 9.17) is 11.6 Å². The molecule has 108 valence electrons. The SMILES string of the molecule is CCCNC(=O)Cn1c(CCCl)nc2ccc(Br)cc21. The number of amides is 1. The summed E-state index contributed by atoms with van der Waals surface area (Å²) in [5.41, 5.74) is 1.84. The van der Waals surface area contributed by atoms with Gasteiger partial charge in [-0.2, -0.15) is 0 Å². The summed E-state index contributed by atoms with van der Waals surface area (Å²) in [6, 6.07) is 5.87. The molecule has 0 fully saturated rings. The molecule has 0 aliphatic carbocycles. The third-order valence-electron chi connectivity index (χ3n) is 2.98. The lowest BCUT2D eigenvalue weighted by molar-refractivity contribution is -0.121. The number of hydrogen-bond donors (Lipinski definition) is 1. The van der Waals surface area contributed by atoms with E-state index in [0.717, 1.165) is 27.8 Å². The molecule has 1 heterocycles. The molecule has 0 saturated heterocycles. The van der Waals surface area contributed by atoms with Crippen molar-refractivity contribution in [3.05, 3.63) is 28.5 Å². The van der Waals surface area contributed by atoms with E-state index < -0.39 is 0 Å². The molecule has 0 unspecified atom stereocenters. The Hall–Kier alpha value is -1.07. The number of nitrogens with zero attached hydrogens (tertiary/aromatic N) is 2. The fourth-order valence-corrected chi connectivity index (χ4v) is 2.58. The van der Waals surface area contributed by atoms with Crippen LogP contribution in [0, 0.1) is 0 Å². The number of halogens is 2. The van der Waals surface area contributed by atoms with Crippen molar-refractivity contribution in [1.29, 1.82) is 0 Å². The minimum absolute atomic E-state index is 0.00180. The van der Waals surface area contributed by atoms with Gasteiger partial charge < -0.3 is 9.88 Å². The summed E-state index contributed by atoms with van der Waals surface area (Å²) in [7, 11) is 0. The van der Waals surface area contributed by atoms with Crippen LogP contribution in [0.3, 0.4) is 0 Å². The van der Waals surface area contributed by atoms with E-state index in [9.17, 15) is 4.79 Å².